The lowest BCUT2D eigenvalue weighted by atomic mass is 10.4. The molecule has 3 nitrogen and oxygen atoms in total. The summed E-state index contributed by atoms with van der Waals surface area (Å²) in [7, 11) is 0. The number of furan rings is 1. The molecule has 1 amide bonds. The van der Waals surface area contributed by atoms with Crippen LogP contribution in [-0.2, 0) is 0 Å². The van der Waals surface area contributed by atoms with Crippen molar-refractivity contribution in [1.29, 1.82) is 0 Å². The average molecular weight is 222 g/mol. The zero-order valence-corrected chi connectivity index (χ0v) is 8.52. The van der Waals surface area contributed by atoms with E-state index in [1.54, 1.807) is 6.92 Å². The van der Waals surface area contributed by atoms with Crippen molar-refractivity contribution in [2.24, 2.45) is 0 Å². The van der Waals surface area contributed by atoms with Crippen LogP contribution < -0.4 is 5.32 Å². The van der Waals surface area contributed by atoms with Gasteiger partial charge in [-0.05, 0) is 30.7 Å². The smallest absolute Gasteiger partial charge is 0.287 e. The van der Waals surface area contributed by atoms with E-state index in [0.29, 0.717) is 6.54 Å². The van der Waals surface area contributed by atoms with E-state index in [4.69, 9.17) is 27.6 Å². The summed E-state index contributed by atoms with van der Waals surface area (Å²) in [5.41, 5.74) is 0. The van der Waals surface area contributed by atoms with Gasteiger partial charge < -0.3 is 9.73 Å². The highest BCUT2D eigenvalue weighted by Gasteiger charge is 2.10. The molecular weight excluding hydrogens is 213 g/mol. The number of nitrogens with one attached hydrogen (secondary N) is 1. The highest BCUT2D eigenvalue weighted by atomic mass is 35.5. The maximum Gasteiger partial charge on any atom is 0.287 e. The Labute approximate surface area is 86.0 Å². The highest BCUT2D eigenvalue weighted by molar-refractivity contribution is 6.29. The first-order valence-electron chi connectivity index (χ1n) is 3.77. The molecule has 1 aromatic rings. The van der Waals surface area contributed by atoms with Gasteiger partial charge in [0.15, 0.2) is 11.0 Å². The van der Waals surface area contributed by atoms with Gasteiger partial charge in [0.1, 0.15) is 0 Å². The Bertz CT molecular complexity index is 296. The van der Waals surface area contributed by atoms with Gasteiger partial charge in [0.05, 0.1) is 0 Å². The molecule has 5 heteroatoms. The Balaban J connectivity index is 2.49. The summed E-state index contributed by atoms with van der Waals surface area (Å²) in [6.07, 6.45) is 0. The molecule has 0 saturated heterocycles. The van der Waals surface area contributed by atoms with Crippen LogP contribution in [0.2, 0.25) is 5.22 Å². The molecule has 13 heavy (non-hydrogen) atoms. The van der Waals surface area contributed by atoms with Crippen LogP contribution >= 0.6 is 23.2 Å². The zero-order chi connectivity index (χ0) is 9.84. The van der Waals surface area contributed by atoms with Crippen molar-refractivity contribution in [2.45, 2.75) is 12.3 Å². The third-order valence-electron chi connectivity index (χ3n) is 1.34. The summed E-state index contributed by atoms with van der Waals surface area (Å²) in [6, 6.07) is 3.02. The summed E-state index contributed by atoms with van der Waals surface area (Å²) < 4.78 is 4.89. The van der Waals surface area contributed by atoms with E-state index in [1.165, 1.54) is 12.1 Å². The van der Waals surface area contributed by atoms with Gasteiger partial charge in [-0.2, -0.15) is 0 Å². The van der Waals surface area contributed by atoms with Gasteiger partial charge in [0.2, 0.25) is 0 Å². The molecular formula is C8H9Cl2NO2. The quantitative estimate of drug-likeness (QED) is 0.797. The maximum atomic E-state index is 11.2. The zero-order valence-electron chi connectivity index (χ0n) is 7.01. The molecule has 1 unspecified atom stereocenters. The molecule has 0 spiro atoms. The Morgan fingerprint density at radius 2 is 2.38 bits per heavy atom. The Hall–Kier alpha value is -0.670. The fraction of sp³-hybridized carbons (Fsp3) is 0.375. The number of hydrogen-bond acceptors (Lipinski definition) is 2. The van der Waals surface area contributed by atoms with Crippen molar-refractivity contribution in [1.82, 2.24) is 5.32 Å². The van der Waals surface area contributed by atoms with Crippen LogP contribution in [0, 0.1) is 0 Å². The number of alkyl halides is 1. The van der Waals surface area contributed by atoms with E-state index in [2.05, 4.69) is 5.32 Å². The van der Waals surface area contributed by atoms with Crippen LogP contribution in [0.15, 0.2) is 16.5 Å². The van der Waals surface area contributed by atoms with E-state index < -0.39 is 0 Å². The summed E-state index contributed by atoms with van der Waals surface area (Å²) in [5, 5.41) is 2.68. The number of amides is 1. The summed E-state index contributed by atoms with van der Waals surface area (Å²) in [6.45, 7) is 2.19. The van der Waals surface area contributed by atoms with E-state index in [9.17, 15) is 4.79 Å². The molecule has 0 aliphatic carbocycles. The van der Waals surface area contributed by atoms with E-state index in [-0.39, 0.29) is 22.3 Å². The number of carbonyl (C=O) groups is 1. The first-order chi connectivity index (χ1) is 6.09. The predicted molar refractivity (Wildman–Crippen MR) is 51.4 cm³/mol. The Morgan fingerprint density at radius 3 is 2.85 bits per heavy atom. The third kappa shape index (κ3) is 3.28. The molecule has 1 heterocycles. The predicted octanol–water partition coefficient (Wildman–Crippen LogP) is 2.29. The van der Waals surface area contributed by atoms with Gasteiger partial charge in [-0.15, -0.1) is 11.6 Å². The standard InChI is InChI=1S/C8H9Cl2NO2/c1-5(9)4-11-8(12)6-2-3-7(10)13-6/h2-3,5H,4H2,1H3,(H,11,12). The second kappa shape index (κ2) is 4.53. The third-order valence-corrected chi connectivity index (χ3v) is 1.70. The molecule has 1 N–H and O–H groups in total. The van der Waals surface area contributed by atoms with Crippen molar-refractivity contribution in [3.05, 3.63) is 23.1 Å². The van der Waals surface area contributed by atoms with E-state index >= 15 is 0 Å². The van der Waals surface area contributed by atoms with Gasteiger partial charge in [-0.25, -0.2) is 0 Å². The van der Waals surface area contributed by atoms with Crippen LogP contribution in [0.25, 0.3) is 0 Å². The molecule has 0 aliphatic heterocycles. The molecule has 1 aromatic heterocycles. The molecule has 1 atom stereocenters. The van der Waals surface area contributed by atoms with Crippen LogP contribution in [-0.4, -0.2) is 17.8 Å². The normalized spacial score (nSPS) is 12.5. The SMILES string of the molecule is CC(Cl)CNC(=O)c1ccc(Cl)o1. The topological polar surface area (TPSA) is 42.2 Å². The number of rotatable bonds is 3. The van der Waals surface area contributed by atoms with Gasteiger partial charge in [-0.3, -0.25) is 4.79 Å². The van der Waals surface area contributed by atoms with Gasteiger partial charge >= 0.3 is 0 Å². The summed E-state index contributed by atoms with van der Waals surface area (Å²) in [4.78, 5) is 11.2. The maximum absolute atomic E-state index is 11.2. The van der Waals surface area contributed by atoms with Crippen molar-refractivity contribution in [2.75, 3.05) is 6.54 Å². The first-order valence-corrected chi connectivity index (χ1v) is 4.58. The fourth-order valence-electron chi connectivity index (χ4n) is 0.757. The second-order valence-corrected chi connectivity index (χ2v) is 3.71. The summed E-state index contributed by atoms with van der Waals surface area (Å²) in [5.74, 6) is -0.110. The number of carbonyl (C=O) groups excluding carboxylic acids is 1. The Morgan fingerprint density at radius 1 is 1.69 bits per heavy atom. The summed E-state index contributed by atoms with van der Waals surface area (Å²) >= 11 is 11.1. The van der Waals surface area contributed by atoms with Gasteiger partial charge in [0, 0.05) is 11.9 Å². The number of halogens is 2. The van der Waals surface area contributed by atoms with Crippen molar-refractivity contribution in [3.8, 4) is 0 Å². The molecule has 1 rings (SSSR count). The minimum absolute atomic E-state index is 0.102. The lowest BCUT2D eigenvalue weighted by Gasteiger charge is -2.03. The molecule has 0 radical (unpaired) electrons. The minimum Gasteiger partial charge on any atom is -0.440 e. The van der Waals surface area contributed by atoms with E-state index in [1.807, 2.05) is 0 Å². The van der Waals surface area contributed by atoms with Crippen LogP contribution in [0.3, 0.4) is 0 Å². The van der Waals surface area contributed by atoms with Crippen LogP contribution in [0.4, 0.5) is 0 Å². The first kappa shape index (κ1) is 10.4. The van der Waals surface area contributed by atoms with Crippen molar-refractivity contribution in [3.63, 3.8) is 0 Å². The molecule has 72 valence electrons. The van der Waals surface area contributed by atoms with Gasteiger partial charge in [0.25, 0.3) is 5.91 Å². The second-order valence-electron chi connectivity index (χ2n) is 2.59. The highest BCUT2D eigenvalue weighted by Crippen LogP contribution is 2.12. The van der Waals surface area contributed by atoms with Crippen molar-refractivity contribution < 1.29 is 9.21 Å². The Kier molecular flexibility index (Phi) is 3.63. The van der Waals surface area contributed by atoms with Crippen LogP contribution in [0.1, 0.15) is 17.5 Å². The molecule has 0 saturated carbocycles. The van der Waals surface area contributed by atoms with Crippen molar-refractivity contribution >= 4 is 29.1 Å². The van der Waals surface area contributed by atoms with Crippen LogP contribution in [0.5, 0.6) is 0 Å². The molecule has 0 aliphatic rings. The average Bonchev–Trinajstić information content (AvgIpc) is 2.47. The van der Waals surface area contributed by atoms with Gasteiger partial charge in [-0.1, -0.05) is 0 Å². The lowest BCUT2D eigenvalue weighted by molar-refractivity contribution is 0.0926. The molecule has 0 bridgehead atoms. The van der Waals surface area contributed by atoms with E-state index in [0.717, 1.165) is 0 Å². The monoisotopic (exact) mass is 221 g/mol. The fourth-order valence-corrected chi connectivity index (χ4v) is 0.980. The largest absolute Gasteiger partial charge is 0.440 e. The minimum atomic E-state index is -0.306. The lowest BCUT2D eigenvalue weighted by Crippen LogP contribution is -2.28. The number of hydrogen-bond donors (Lipinski definition) is 1. The molecule has 0 aromatic carbocycles. The molecule has 0 fully saturated rings.